The summed E-state index contributed by atoms with van der Waals surface area (Å²) in [6, 6.07) is 6.24. The molecule has 1 aliphatic carbocycles. The van der Waals surface area contributed by atoms with E-state index in [0.29, 0.717) is 18.7 Å². The van der Waals surface area contributed by atoms with Crippen LogP contribution >= 0.6 is 0 Å². The fourth-order valence-corrected chi connectivity index (χ4v) is 3.61. The monoisotopic (exact) mass is 354 g/mol. The van der Waals surface area contributed by atoms with Crippen molar-refractivity contribution in [2.75, 3.05) is 6.61 Å². The van der Waals surface area contributed by atoms with Crippen molar-refractivity contribution in [3.8, 4) is 0 Å². The number of esters is 1. The maximum absolute atomic E-state index is 12.6. The van der Waals surface area contributed by atoms with E-state index in [1.165, 1.54) is 24.0 Å². The predicted octanol–water partition coefficient (Wildman–Crippen LogP) is 3.30. The first-order valence-corrected chi connectivity index (χ1v) is 9.08. The highest BCUT2D eigenvalue weighted by Crippen LogP contribution is 2.32. The zero-order valence-electron chi connectivity index (χ0n) is 15.4. The molecule has 1 aromatic heterocycles. The Bertz CT molecular complexity index is 880. The Hall–Kier alpha value is -2.76. The number of nitrogens with one attached hydrogen (secondary N) is 2. The third-order valence-electron chi connectivity index (χ3n) is 4.91. The van der Waals surface area contributed by atoms with Crippen LogP contribution in [0.25, 0.3) is 16.5 Å². The SMILES string of the molecule is CCOC(=O)c1c(CNC(=N)N)n(C)c2cc(C3=CCCCC3)ccc12. The Labute approximate surface area is 153 Å². The zero-order chi connectivity index (χ0) is 18.7. The van der Waals surface area contributed by atoms with Gasteiger partial charge < -0.3 is 20.4 Å². The van der Waals surface area contributed by atoms with Gasteiger partial charge in [0.05, 0.1) is 24.4 Å². The molecule has 0 fully saturated rings. The molecule has 1 heterocycles. The summed E-state index contributed by atoms with van der Waals surface area (Å²) in [4.78, 5) is 12.6. The Kier molecular flexibility index (Phi) is 5.30. The molecule has 2 aromatic rings. The third kappa shape index (κ3) is 3.45. The second-order valence-corrected chi connectivity index (χ2v) is 6.58. The number of ether oxygens (including phenoxy) is 1. The van der Waals surface area contributed by atoms with Crippen molar-refractivity contribution in [3.05, 3.63) is 41.1 Å². The Balaban J connectivity index is 2.11. The fraction of sp³-hybridized carbons (Fsp3) is 0.400. The summed E-state index contributed by atoms with van der Waals surface area (Å²) in [6.07, 6.45) is 7.02. The summed E-state index contributed by atoms with van der Waals surface area (Å²) in [5.41, 5.74) is 10.3. The van der Waals surface area contributed by atoms with E-state index in [0.717, 1.165) is 29.4 Å². The quantitative estimate of drug-likeness (QED) is 0.436. The topological polar surface area (TPSA) is 93.1 Å². The van der Waals surface area contributed by atoms with E-state index in [2.05, 4.69) is 23.5 Å². The van der Waals surface area contributed by atoms with E-state index in [4.69, 9.17) is 15.9 Å². The number of guanidine groups is 1. The number of aromatic nitrogens is 1. The van der Waals surface area contributed by atoms with Gasteiger partial charge in [0.1, 0.15) is 0 Å². The second kappa shape index (κ2) is 7.64. The van der Waals surface area contributed by atoms with Crippen molar-refractivity contribution in [2.45, 2.75) is 39.2 Å². The number of aryl methyl sites for hydroxylation is 1. The molecular weight excluding hydrogens is 328 g/mol. The number of nitrogens with two attached hydrogens (primary N) is 1. The third-order valence-corrected chi connectivity index (χ3v) is 4.91. The molecule has 0 aliphatic heterocycles. The second-order valence-electron chi connectivity index (χ2n) is 6.58. The molecule has 0 spiro atoms. The number of rotatable bonds is 5. The lowest BCUT2D eigenvalue weighted by Crippen LogP contribution is -2.31. The molecule has 3 rings (SSSR count). The van der Waals surface area contributed by atoms with Crippen molar-refractivity contribution in [3.63, 3.8) is 0 Å². The van der Waals surface area contributed by atoms with Crippen molar-refractivity contribution in [1.82, 2.24) is 9.88 Å². The number of benzene rings is 1. The normalized spacial score (nSPS) is 14.2. The van der Waals surface area contributed by atoms with Gasteiger partial charge >= 0.3 is 5.97 Å². The maximum Gasteiger partial charge on any atom is 0.340 e. The lowest BCUT2D eigenvalue weighted by molar-refractivity contribution is 0.0527. The highest BCUT2D eigenvalue weighted by Gasteiger charge is 2.22. The smallest absolute Gasteiger partial charge is 0.340 e. The highest BCUT2D eigenvalue weighted by molar-refractivity contribution is 6.06. The first kappa shape index (κ1) is 18.0. The lowest BCUT2D eigenvalue weighted by atomic mass is 9.93. The van der Waals surface area contributed by atoms with E-state index in [1.54, 1.807) is 6.92 Å². The summed E-state index contributed by atoms with van der Waals surface area (Å²) < 4.78 is 7.26. The number of carbonyl (C=O) groups excluding carboxylic acids is 1. The molecule has 1 aliphatic rings. The predicted molar refractivity (Wildman–Crippen MR) is 104 cm³/mol. The van der Waals surface area contributed by atoms with Crippen LogP contribution in [0, 0.1) is 5.41 Å². The van der Waals surface area contributed by atoms with Crippen LogP contribution in [0.1, 0.15) is 54.2 Å². The number of hydrogen-bond donors (Lipinski definition) is 3. The molecule has 0 amide bonds. The summed E-state index contributed by atoms with van der Waals surface area (Å²) in [5.74, 6) is -0.471. The van der Waals surface area contributed by atoms with Gasteiger partial charge in [-0.2, -0.15) is 0 Å². The average Bonchev–Trinajstić information content (AvgIpc) is 2.92. The average molecular weight is 354 g/mol. The molecule has 138 valence electrons. The number of nitrogens with zero attached hydrogens (tertiary/aromatic N) is 1. The van der Waals surface area contributed by atoms with Crippen LogP contribution < -0.4 is 11.1 Å². The molecular formula is C20H26N4O2. The Morgan fingerprint density at radius 2 is 2.19 bits per heavy atom. The zero-order valence-corrected chi connectivity index (χ0v) is 15.4. The largest absolute Gasteiger partial charge is 0.462 e. The van der Waals surface area contributed by atoms with Crippen LogP contribution in [0.15, 0.2) is 24.3 Å². The van der Waals surface area contributed by atoms with E-state index in [-0.39, 0.29) is 11.9 Å². The molecule has 6 heteroatoms. The van der Waals surface area contributed by atoms with Crippen LogP contribution in [0.3, 0.4) is 0 Å². The fourth-order valence-electron chi connectivity index (χ4n) is 3.61. The minimum Gasteiger partial charge on any atom is -0.462 e. The van der Waals surface area contributed by atoms with Gasteiger partial charge in [-0.1, -0.05) is 18.2 Å². The molecule has 26 heavy (non-hydrogen) atoms. The van der Waals surface area contributed by atoms with Crippen molar-refractivity contribution < 1.29 is 9.53 Å². The van der Waals surface area contributed by atoms with Gasteiger partial charge in [0.25, 0.3) is 0 Å². The van der Waals surface area contributed by atoms with Crippen LogP contribution in [-0.2, 0) is 18.3 Å². The van der Waals surface area contributed by atoms with Crippen LogP contribution in [0.4, 0.5) is 0 Å². The van der Waals surface area contributed by atoms with Gasteiger partial charge in [0, 0.05) is 18.0 Å². The molecule has 0 saturated carbocycles. The lowest BCUT2D eigenvalue weighted by Gasteiger charge is -2.13. The van der Waals surface area contributed by atoms with Gasteiger partial charge in [-0.05, 0) is 49.8 Å². The molecule has 6 nitrogen and oxygen atoms in total. The molecule has 0 unspecified atom stereocenters. The van der Waals surface area contributed by atoms with E-state index in [9.17, 15) is 4.79 Å². The Morgan fingerprint density at radius 3 is 2.85 bits per heavy atom. The van der Waals surface area contributed by atoms with Gasteiger partial charge in [-0.15, -0.1) is 0 Å². The number of allylic oxidation sites excluding steroid dienone is 2. The van der Waals surface area contributed by atoms with Crippen molar-refractivity contribution in [1.29, 1.82) is 5.41 Å². The summed E-state index contributed by atoms with van der Waals surface area (Å²) in [7, 11) is 1.93. The number of fused-ring (bicyclic) bond motifs is 1. The van der Waals surface area contributed by atoms with Crippen LogP contribution in [0.5, 0.6) is 0 Å². The van der Waals surface area contributed by atoms with Gasteiger partial charge in [0.15, 0.2) is 5.96 Å². The number of carbonyl (C=O) groups is 1. The standard InChI is InChI=1S/C20H26N4O2/c1-3-26-19(25)18-15-10-9-14(13-7-5-4-6-8-13)11-16(15)24(2)17(18)12-23-20(21)22/h7,9-11H,3-6,8,12H2,1-2H3,(H4,21,22,23). The van der Waals surface area contributed by atoms with Crippen LogP contribution in [-0.4, -0.2) is 23.1 Å². The number of hydrogen-bond acceptors (Lipinski definition) is 3. The van der Waals surface area contributed by atoms with E-state index in [1.807, 2.05) is 17.7 Å². The van der Waals surface area contributed by atoms with Gasteiger partial charge in [-0.25, -0.2) is 4.79 Å². The maximum atomic E-state index is 12.6. The molecule has 1 aromatic carbocycles. The minimum atomic E-state index is -0.344. The van der Waals surface area contributed by atoms with E-state index >= 15 is 0 Å². The summed E-state index contributed by atoms with van der Waals surface area (Å²) >= 11 is 0. The molecule has 4 N–H and O–H groups in total. The van der Waals surface area contributed by atoms with Crippen molar-refractivity contribution >= 4 is 28.4 Å². The molecule has 0 radical (unpaired) electrons. The summed E-state index contributed by atoms with van der Waals surface area (Å²) in [6.45, 7) is 2.41. The molecule has 0 atom stereocenters. The van der Waals surface area contributed by atoms with E-state index < -0.39 is 0 Å². The molecule has 0 bridgehead atoms. The summed E-state index contributed by atoms with van der Waals surface area (Å²) in [5, 5.41) is 11.1. The van der Waals surface area contributed by atoms with Gasteiger partial charge in [-0.3, -0.25) is 5.41 Å². The van der Waals surface area contributed by atoms with Gasteiger partial charge in [0.2, 0.25) is 0 Å². The van der Waals surface area contributed by atoms with Crippen LogP contribution in [0.2, 0.25) is 0 Å². The minimum absolute atomic E-state index is 0.127. The first-order valence-electron chi connectivity index (χ1n) is 9.08. The highest BCUT2D eigenvalue weighted by atomic mass is 16.5. The molecule has 0 saturated heterocycles. The van der Waals surface area contributed by atoms with Crippen molar-refractivity contribution in [2.24, 2.45) is 12.8 Å². The first-order chi connectivity index (χ1) is 12.5. The Morgan fingerprint density at radius 1 is 1.38 bits per heavy atom.